The number of aliphatic hydroxyl groups excluding tert-OH is 4. The van der Waals surface area contributed by atoms with Gasteiger partial charge in [-0.1, -0.05) is 71.1 Å². The zero-order valence-corrected chi connectivity index (χ0v) is 50.5. The van der Waals surface area contributed by atoms with Gasteiger partial charge in [-0.2, -0.15) is 0 Å². The summed E-state index contributed by atoms with van der Waals surface area (Å²) in [7, 11) is 5.67. The fourth-order valence-corrected chi connectivity index (χ4v) is 12.2. The molecule has 5 rings (SSSR count). The molecule has 1 aliphatic carbocycles. The van der Waals surface area contributed by atoms with Gasteiger partial charge in [-0.05, 0) is 107 Å². The fraction of sp³-hybridized carbons (Fsp3) is 0.770. The number of carbonyl (C=O) groups excluding carboxylic acids is 6. The van der Waals surface area contributed by atoms with Gasteiger partial charge in [0.15, 0.2) is 24.1 Å². The van der Waals surface area contributed by atoms with Crippen molar-refractivity contribution >= 4 is 35.4 Å². The third kappa shape index (κ3) is 17.9. The molecule has 3 saturated heterocycles. The van der Waals surface area contributed by atoms with Crippen molar-refractivity contribution in [1.29, 1.82) is 0 Å². The largest absolute Gasteiger partial charge is 0.511 e. The highest BCUT2D eigenvalue weighted by molar-refractivity contribution is 6.39. The summed E-state index contributed by atoms with van der Waals surface area (Å²) in [4.78, 5) is 88.0. The van der Waals surface area contributed by atoms with E-state index in [1.165, 1.54) is 27.2 Å². The molecule has 0 aromatic rings. The highest BCUT2D eigenvalue weighted by atomic mass is 16.8. The highest BCUT2D eigenvalue weighted by Crippen LogP contribution is 2.39. The number of ketones is 3. The van der Waals surface area contributed by atoms with Gasteiger partial charge in [-0.25, -0.2) is 9.59 Å². The van der Waals surface area contributed by atoms with E-state index in [1.54, 1.807) is 35.0 Å². The number of hydrogen-bond donors (Lipinski definition) is 5. The predicted molar refractivity (Wildman–Crippen MR) is 300 cm³/mol. The maximum Gasteiger partial charge on any atom is 0.511 e. The van der Waals surface area contributed by atoms with Crippen LogP contribution in [0.4, 0.5) is 4.79 Å². The molecule has 1 amide bonds. The number of hydrogen-bond acceptors (Lipinski definition) is 21. The van der Waals surface area contributed by atoms with Crippen molar-refractivity contribution in [2.45, 2.75) is 204 Å². The van der Waals surface area contributed by atoms with Gasteiger partial charge in [0.25, 0.3) is 17.5 Å². The first-order valence-corrected chi connectivity index (χ1v) is 29.5. The van der Waals surface area contributed by atoms with E-state index < -0.39 is 139 Å². The number of rotatable bonds is 13. The molecule has 3 unspecified atom stereocenters. The first-order valence-electron chi connectivity index (χ1n) is 29.5. The smallest absolute Gasteiger partial charge is 0.460 e. The number of amides is 1. The van der Waals surface area contributed by atoms with Gasteiger partial charge in [0.2, 0.25) is 5.79 Å². The van der Waals surface area contributed by atoms with E-state index in [0.717, 1.165) is 10.5 Å². The van der Waals surface area contributed by atoms with E-state index in [1.807, 2.05) is 51.2 Å². The summed E-state index contributed by atoms with van der Waals surface area (Å²) >= 11 is 0. The quantitative estimate of drug-likeness (QED) is 0.0939. The molecule has 22 nitrogen and oxygen atoms in total. The maximum absolute atomic E-state index is 14.7. The third-order valence-electron chi connectivity index (χ3n) is 17.5. The number of Topliss-reactive ketones (excluding diaryl/α,β-unsaturated/α-hetero) is 3. The Balaban J connectivity index is 1.55. The van der Waals surface area contributed by atoms with Gasteiger partial charge in [0, 0.05) is 65.6 Å². The van der Waals surface area contributed by atoms with Crippen LogP contribution in [0.1, 0.15) is 126 Å². The summed E-state index contributed by atoms with van der Waals surface area (Å²) in [6.07, 6.45) is 3.26. The van der Waals surface area contributed by atoms with E-state index in [4.69, 9.17) is 47.4 Å². The number of nitrogens with zero attached hydrogens (tertiary/aromatic N) is 1. The van der Waals surface area contributed by atoms with E-state index in [9.17, 15) is 54.3 Å². The van der Waals surface area contributed by atoms with Crippen molar-refractivity contribution in [3.8, 4) is 0 Å². The third-order valence-corrected chi connectivity index (χ3v) is 17.5. The minimum atomic E-state index is -2.51. The van der Waals surface area contributed by atoms with E-state index in [2.05, 4.69) is 0 Å². The lowest BCUT2D eigenvalue weighted by Gasteiger charge is -2.43. The molecule has 5 aliphatic rings. The van der Waals surface area contributed by atoms with Crippen LogP contribution in [0.5, 0.6) is 0 Å². The van der Waals surface area contributed by atoms with Gasteiger partial charge in [0.05, 0.1) is 44.2 Å². The Labute approximate surface area is 489 Å². The van der Waals surface area contributed by atoms with Gasteiger partial charge in [0.1, 0.15) is 36.7 Å². The van der Waals surface area contributed by atoms with E-state index in [-0.39, 0.29) is 68.6 Å². The molecular weight excluding hydrogens is 1080 g/mol. The lowest BCUT2D eigenvalue weighted by atomic mass is 9.78. The van der Waals surface area contributed by atoms with Gasteiger partial charge < -0.3 is 77.8 Å². The Bertz CT molecular complexity index is 2290. The van der Waals surface area contributed by atoms with Crippen molar-refractivity contribution in [3.63, 3.8) is 0 Å². The lowest BCUT2D eigenvalue weighted by Crippen LogP contribution is -2.64. The number of fused-ring (bicyclic) bond motifs is 3. The van der Waals surface area contributed by atoms with E-state index in [0.29, 0.717) is 57.8 Å². The topological polar surface area (TPSA) is 299 Å². The molecule has 470 valence electrons. The molecule has 19 atom stereocenters. The highest BCUT2D eigenvalue weighted by Gasteiger charge is 2.55. The molecule has 4 aliphatic heterocycles. The van der Waals surface area contributed by atoms with Crippen molar-refractivity contribution < 1.29 is 102 Å². The second kappa shape index (κ2) is 32.4. The Morgan fingerprint density at radius 1 is 0.819 bits per heavy atom. The van der Waals surface area contributed by atoms with Crippen LogP contribution in [0.25, 0.3) is 0 Å². The monoisotopic (exact) mass is 1180 g/mol. The molecule has 0 spiro atoms. The maximum atomic E-state index is 14.7. The number of cyclic esters (lactones) is 1. The second-order valence-corrected chi connectivity index (χ2v) is 23.6. The van der Waals surface area contributed by atoms with Gasteiger partial charge >= 0.3 is 12.1 Å². The van der Waals surface area contributed by atoms with Crippen LogP contribution >= 0.6 is 0 Å². The Kier molecular flexibility index (Phi) is 27.2. The molecular formula is C61H95NO21. The van der Waals surface area contributed by atoms with Crippen molar-refractivity contribution in [3.05, 3.63) is 47.6 Å². The number of ether oxygens (including phenoxy) is 10. The normalized spacial score (nSPS) is 39.7. The van der Waals surface area contributed by atoms with Crippen LogP contribution in [0.15, 0.2) is 47.6 Å². The summed E-state index contributed by atoms with van der Waals surface area (Å²) in [5, 5.41) is 53.8. The summed E-state index contributed by atoms with van der Waals surface area (Å²) in [5.41, 5.74) is 0.980. The molecule has 0 aromatic heterocycles. The average Bonchev–Trinajstić information content (AvgIpc) is 3.20. The molecule has 22 heteroatoms. The number of methoxy groups -OCH3 is 4. The van der Waals surface area contributed by atoms with Crippen LogP contribution in [0.3, 0.4) is 0 Å². The minimum Gasteiger partial charge on any atom is -0.460 e. The first kappa shape index (κ1) is 69.5. The molecule has 83 heavy (non-hydrogen) atoms. The van der Waals surface area contributed by atoms with Crippen molar-refractivity contribution in [2.24, 2.45) is 35.5 Å². The zero-order valence-electron chi connectivity index (χ0n) is 50.5. The molecule has 0 aromatic carbocycles. The van der Waals surface area contributed by atoms with Crippen LogP contribution in [0, 0.1) is 35.5 Å². The number of piperidine rings is 1. The summed E-state index contributed by atoms with van der Waals surface area (Å²) in [6, 6.07) is -1.24. The Morgan fingerprint density at radius 2 is 1.54 bits per heavy atom. The van der Waals surface area contributed by atoms with Gasteiger partial charge in [-0.3, -0.25) is 19.2 Å². The van der Waals surface area contributed by atoms with Crippen LogP contribution in [-0.4, -0.2) is 206 Å². The second-order valence-electron chi connectivity index (χ2n) is 23.6. The standard InChI is InChI=1S/C61H95NO21/c1-35-17-13-12-14-18-36(2)47(74-8)31-43-22-20-41(7)61(73,82-43)56(69)57(70)62-24-16-15-19-44(62)58(71)80-48(38(4)29-42-21-23-46(78-26-25-63)49(30-42)75-9)32-45(65)37(3)28-40(6)53(54(77-11)51(66)39(5)27-35)81-59(72)83-60(34-64)55(68)52(67)50(76-10)33-79-60/h12-14,17-18,28,35,37-39,41-44,46-50,52-55,63-64,67-68,73H,15-16,19-27,29-34H2,1-11H3/b14-12+,17-13+,36-18+,40-28+/t35-,37-,38-,39-,41-,42?,43+,44?,46-,47+,48+,49-,50+,52+,53-,54+,55-,60?,61-/m1/s1. The van der Waals surface area contributed by atoms with Crippen LogP contribution < -0.4 is 0 Å². The van der Waals surface area contributed by atoms with Crippen LogP contribution in [0.2, 0.25) is 0 Å². The summed E-state index contributed by atoms with van der Waals surface area (Å²) in [6.45, 7) is 10.6. The summed E-state index contributed by atoms with van der Waals surface area (Å²) in [5.74, 6) is -12.1. The van der Waals surface area contributed by atoms with Crippen molar-refractivity contribution in [2.75, 3.05) is 61.4 Å². The Hall–Kier alpha value is -4.30. The average molecular weight is 1180 g/mol. The Morgan fingerprint density at radius 3 is 2.20 bits per heavy atom. The molecule has 1 saturated carbocycles. The molecule has 5 N–H and O–H groups in total. The van der Waals surface area contributed by atoms with Crippen molar-refractivity contribution in [1.82, 2.24) is 4.90 Å². The minimum absolute atomic E-state index is 0.0151. The predicted octanol–water partition coefficient (Wildman–Crippen LogP) is 4.81. The number of carbonyl (C=O) groups is 6. The number of esters is 1. The molecule has 0 radical (unpaired) electrons. The lowest BCUT2D eigenvalue weighted by molar-refractivity contribution is -0.335. The number of aliphatic hydroxyl groups is 5. The fourth-order valence-electron chi connectivity index (χ4n) is 12.2. The zero-order chi connectivity index (χ0) is 61.3. The van der Waals surface area contributed by atoms with Gasteiger partial charge in [-0.15, -0.1) is 0 Å². The molecule has 4 fully saturated rings. The molecule has 4 heterocycles. The SMILES string of the molecule is CO[C@H]1C[C@@H]2CC[C@@H](C)[C@@](O)(O2)C(=O)C(=O)N2CCCCC2C(=O)O[C@H]([C@H](C)CC2CC[C@@H](OCCO)[C@H](OC)C2)CC(=O)[C@H](C)/C=C(\C)[C@@H](OC(=O)OC2(CO)OC[C@H](OC)[C@H](O)[C@H]2O)[C@@H](OC)C(=O)[C@H](C)C[C@H](C)/C=C/C=C/C=C/1C. The first-order chi connectivity index (χ1) is 39.4. The molecule has 2 bridgehead atoms. The summed E-state index contributed by atoms with van der Waals surface area (Å²) < 4.78 is 58.0. The number of allylic oxidation sites excluding steroid dienone is 6. The van der Waals surface area contributed by atoms with Crippen LogP contribution in [-0.2, 0) is 71.3 Å². The van der Waals surface area contributed by atoms with E-state index >= 15 is 0 Å².